The fraction of sp³-hybridized carbons (Fsp3) is 0.158. The van der Waals surface area contributed by atoms with Crippen LogP contribution in [0.5, 0.6) is 5.75 Å². The van der Waals surface area contributed by atoms with Crippen molar-refractivity contribution >= 4 is 16.8 Å². The second-order valence-corrected chi connectivity index (χ2v) is 5.36. The second-order valence-electron chi connectivity index (χ2n) is 5.36. The maximum Gasteiger partial charge on any atom is 0.252 e. The van der Waals surface area contributed by atoms with Gasteiger partial charge in [0, 0.05) is 23.5 Å². The molecule has 0 bridgehead atoms. The van der Waals surface area contributed by atoms with Gasteiger partial charge in [-0.1, -0.05) is 36.4 Å². The lowest BCUT2D eigenvalue weighted by Gasteiger charge is -2.09. The quantitative estimate of drug-likeness (QED) is 0.686. The minimum Gasteiger partial charge on any atom is -0.494 e. The topological polar surface area (TPSA) is 71.2 Å². The zero-order chi connectivity index (χ0) is 16.8. The number of hydrogen-bond donors (Lipinski definition) is 2. The van der Waals surface area contributed by atoms with Gasteiger partial charge in [-0.25, -0.2) is 0 Å². The summed E-state index contributed by atoms with van der Waals surface area (Å²) in [5, 5.41) is 3.56. The molecule has 0 aliphatic carbocycles. The van der Waals surface area contributed by atoms with E-state index in [4.69, 9.17) is 4.74 Å². The van der Waals surface area contributed by atoms with Gasteiger partial charge in [-0.3, -0.25) is 9.59 Å². The molecular formula is C19H18N2O3. The number of ether oxygens (including phenoxy) is 1. The number of fused-ring (bicyclic) bond motifs is 1. The largest absolute Gasteiger partial charge is 0.494 e. The zero-order valence-electron chi connectivity index (χ0n) is 13.1. The molecule has 0 spiro atoms. The number of carbonyl (C=O) groups excluding carboxylic acids is 1. The summed E-state index contributed by atoms with van der Waals surface area (Å²) in [6.07, 6.45) is 0.682. The molecule has 2 N–H and O–H groups in total. The first-order valence-electron chi connectivity index (χ1n) is 7.82. The summed E-state index contributed by atoms with van der Waals surface area (Å²) in [5.41, 5.74) is 0.757. The summed E-state index contributed by atoms with van der Waals surface area (Å²) < 4.78 is 5.58. The van der Waals surface area contributed by atoms with Crippen LogP contribution >= 0.6 is 0 Å². The summed E-state index contributed by atoms with van der Waals surface area (Å²) >= 11 is 0. The number of amides is 1. The van der Waals surface area contributed by atoms with Crippen LogP contribution in [0.15, 0.2) is 65.5 Å². The molecule has 2 aromatic carbocycles. The number of H-pyrrole nitrogens is 1. The highest BCUT2D eigenvalue weighted by Gasteiger charge is 2.10. The lowest BCUT2D eigenvalue weighted by Crippen LogP contribution is -2.27. The van der Waals surface area contributed by atoms with E-state index in [1.54, 1.807) is 6.07 Å². The van der Waals surface area contributed by atoms with E-state index < -0.39 is 0 Å². The molecule has 0 aliphatic rings. The van der Waals surface area contributed by atoms with E-state index in [9.17, 15) is 9.59 Å². The Morgan fingerprint density at radius 3 is 2.62 bits per heavy atom. The normalized spacial score (nSPS) is 10.5. The van der Waals surface area contributed by atoms with Crippen LogP contribution < -0.4 is 15.6 Å². The zero-order valence-corrected chi connectivity index (χ0v) is 13.1. The molecule has 0 atom stereocenters. The summed E-state index contributed by atoms with van der Waals surface area (Å²) in [6.45, 7) is 0.993. The van der Waals surface area contributed by atoms with Gasteiger partial charge in [0.1, 0.15) is 5.75 Å². The van der Waals surface area contributed by atoms with Crippen LogP contribution in [0.1, 0.15) is 16.8 Å². The number of benzene rings is 2. The van der Waals surface area contributed by atoms with Crippen molar-refractivity contribution in [1.82, 2.24) is 10.3 Å². The predicted octanol–water partition coefficient (Wildman–Crippen LogP) is 2.73. The number of rotatable bonds is 6. The van der Waals surface area contributed by atoms with Crippen LogP contribution in [0.2, 0.25) is 0 Å². The molecule has 24 heavy (non-hydrogen) atoms. The molecule has 1 amide bonds. The van der Waals surface area contributed by atoms with Crippen LogP contribution in [0, 0.1) is 0 Å². The van der Waals surface area contributed by atoms with Gasteiger partial charge < -0.3 is 15.0 Å². The van der Waals surface area contributed by atoms with E-state index in [0.29, 0.717) is 30.7 Å². The number of para-hydroxylation sites is 2. The Bertz CT molecular complexity index is 888. The van der Waals surface area contributed by atoms with Gasteiger partial charge in [-0.05, 0) is 24.6 Å². The molecule has 1 heterocycles. The molecule has 3 aromatic rings. The van der Waals surface area contributed by atoms with Crippen LogP contribution in [0.3, 0.4) is 0 Å². The van der Waals surface area contributed by atoms with Gasteiger partial charge >= 0.3 is 0 Å². The average molecular weight is 322 g/mol. The predicted molar refractivity (Wildman–Crippen MR) is 93.5 cm³/mol. The monoisotopic (exact) mass is 322 g/mol. The number of carbonyl (C=O) groups is 1. The third kappa shape index (κ3) is 3.81. The second kappa shape index (κ2) is 7.46. The smallest absolute Gasteiger partial charge is 0.252 e. The van der Waals surface area contributed by atoms with Crippen molar-refractivity contribution in [3.8, 4) is 5.75 Å². The highest BCUT2D eigenvalue weighted by Crippen LogP contribution is 2.14. The van der Waals surface area contributed by atoms with E-state index in [1.165, 1.54) is 6.07 Å². The molecule has 0 unspecified atom stereocenters. The third-order valence-electron chi connectivity index (χ3n) is 3.61. The van der Waals surface area contributed by atoms with Crippen molar-refractivity contribution in [1.29, 1.82) is 0 Å². The maximum absolute atomic E-state index is 12.3. The average Bonchev–Trinajstić information content (AvgIpc) is 2.61. The van der Waals surface area contributed by atoms with E-state index in [2.05, 4.69) is 10.3 Å². The van der Waals surface area contributed by atoms with Crippen molar-refractivity contribution in [2.24, 2.45) is 0 Å². The maximum atomic E-state index is 12.3. The number of hydrogen-bond acceptors (Lipinski definition) is 3. The lowest BCUT2D eigenvalue weighted by molar-refractivity contribution is 0.0953. The molecule has 3 rings (SSSR count). The fourth-order valence-corrected chi connectivity index (χ4v) is 2.47. The molecule has 122 valence electrons. The summed E-state index contributed by atoms with van der Waals surface area (Å²) in [5.74, 6) is 0.557. The third-order valence-corrected chi connectivity index (χ3v) is 3.61. The number of aromatic nitrogens is 1. The van der Waals surface area contributed by atoms with Gasteiger partial charge in [0.25, 0.3) is 5.91 Å². The summed E-state index contributed by atoms with van der Waals surface area (Å²) in [4.78, 5) is 26.7. The Morgan fingerprint density at radius 1 is 1.04 bits per heavy atom. The van der Waals surface area contributed by atoms with E-state index in [0.717, 1.165) is 11.1 Å². The lowest BCUT2D eigenvalue weighted by atomic mass is 10.1. The van der Waals surface area contributed by atoms with E-state index in [-0.39, 0.29) is 11.5 Å². The van der Waals surface area contributed by atoms with Crippen molar-refractivity contribution < 1.29 is 9.53 Å². The first-order valence-corrected chi connectivity index (χ1v) is 7.82. The molecule has 0 saturated heterocycles. The Balaban J connectivity index is 1.57. The molecule has 0 aliphatic heterocycles. The molecule has 5 heteroatoms. The minimum atomic E-state index is -0.286. The molecule has 0 fully saturated rings. The molecule has 0 saturated carbocycles. The van der Waals surface area contributed by atoms with Crippen molar-refractivity contribution in [3.63, 3.8) is 0 Å². The first kappa shape index (κ1) is 15.8. The number of pyridine rings is 1. The SMILES string of the molecule is O=C(NCCCOc1ccccc1)c1cc(=O)[nH]c2ccccc12. The fourth-order valence-electron chi connectivity index (χ4n) is 2.47. The molecule has 1 aromatic heterocycles. The minimum absolute atomic E-state index is 0.253. The highest BCUT2D eigenvalue weighted by atomic mass is 16.5. The van der Waals surface area contributed by atoms with Gasteiger partial charge in [0.2, 0.25) is 5.56 Å². The van der Waals surface area contributed by atoms with Crippen molar-refractivity contribution in [3.05, 3.63) is 76.6 Å². The van der Waals surface area contributed by atoms with E-state index >= 15 is 0 Å². The van der Waals surface area contributed by atoms with Crippen molar-refractivity contribution in [2.45, 2.75) is 6.42 Å². The molecule has 0 radical (unpaired) electrons. The van der Waals surface area contributed by atoms with E-state index in [1.807, 2.05) is 48.5 Å². The van der Waals surface area contributed by atoms with Gasteiger partial charge in [0.05, 0.1) is 12.2 Å². The first-order chi connectivity index (χ1) is 11.7. The number of aromatic amines is 1. The highest BCUT2D eigenvalue weighted by molar-refractivity contribution is 6.05. The van der Waals surface area contributed by atoms with Crippen LogP contribution in [0.4, 0.5) is 0 Å². The molecular weight excluding hydrogens is 304 g/mol. The van der Waals surface area contributed by atoms with Gasteiger partial charge in [-0.15, -0.1) is 0 Å². The van der Waals surface area contributed by atoms with Crippen LogP contribution in [0.25, 0.3) is 10.9 Å². The summed E-state index contributed by atoms with van der Waals surface area (Å²) in [6, 6.07) is 18.1. The Labute approximate surface area is 139 Å². The standard InChI is InChI=1S/C19H18N2O3/c22-18-13-16(15-9-4-5-10-17(15)21-18)19(23)20-11-6-12-24-14-7-2-1-3-8-14/h1-5,7-10,13H,6,11-12H2,(H,20,23)(H,21,22). The summed E-state index contributed by atoms with van der Waals surface area (Å²) in [7, 11) is 0. The number of nitrogens with one attached hydrogen (secondary N) is 2. The Morgan fingerprint density at radius 2 is 1.79 bits per heavy atom. The van der Waals surface area contributed by atoms with Crippen molar-refractivity contribution in [2.75, 3.05) is 13.2 Å². The Kier molecular flexibility index (Phi) is 4.91. The van der Waals surface area contributed by atoms with Crippen LogP contribution in [-0.4, -0.2) is 24.0 Å². The van der Waals surface area contributed by atoms with Gasteiger partial charge in [0.15, 0.2) is 0 Å². The molecule has 5 nitrogen and oxygen atoms in total. The van der Waals surface area contributed by atoms with Gasteiger partial charge in [-0.2, -0.15) is 0 Å². The van der Waals surface area contributed by atoms with Crippen LogP contribution in [-0.2, 0) is 0 Å². The Hall–Kier alpha value is -3.08.